The van der Waals surface area contributed by atoms with Crippen LogP contribution in [-0.2, 0) is 9.53 Å². The molecule has 0 aromatic heterocycles. The van der Waals surface area contributed by atoms with E-state index in [1.165, 1.54) is 19.3 Å². The van der Waals surface area contributed by atoms with Gasteiger partial charge >= 0.3 is 5.97 Å². The highest BCUT2D eigenvalue weighted by molar-refractivity contribution is 6.32. The van der Waals surface area contributed by atoms with Crippen molar-refractivity contribution in [2.45, 2.75) is 0 Å². The van der Waals surface area contributed by atoms with Crippen LogP contribution in [0.25, 0.3) is 6.08 Å². The first kappa shape index (κ1) is 17.6. The molecule has 0 amide bonds. The Morgan fingerprint density at radius 1 is 1.17 bits per heavy atom. The van der Waals surface area contributed by atoms with E-state index in [4.69, 9.17) is 16.3 Å². The Morgan fingerprint density at radius 3 is 2.50 bits per heavy atom. The fourth-order valence-corrected chi connectivity index (χ4v) is 2.00. The molecular formula is C18H15ClO5. The second-order valence-corrected chi connectivity index (χ2v) is 5.20. The molecule has 2 rings (SSSR count). The van der Waals surface area contributed by atoms with Crippen LogP contribution in [0, 0.1) is 0 Å². The first-order chi connectivity index (χ1) is 11.5. The summed E-state index contributed by atoms with van der Waals surface area (Å²) in [5, 5.41) is 9.57. The fourth-order valence-electron chi connectivity index (χ4n) is 1.81. The predicted octanol–water partition coefficient (Wildman–Crippen LogP) is 3.49. The molecule has 0 aliphatic carbocycles. The van der Waals surface area contributed by atoms with Crippen LogP contribution in [0.15, 0.2) is 48.5 Å². The first-order valence-corrected chi connectivity index (χ1v) is 7.38. The normalized spacial score (nSPS) is 10.6. The summed E-state index contributed by atoms with van der Waals surface area (Å²) in [4.78, 5) is 23.1. The summed E-state index contributed by atoms with van der Waals surface area (Å²) >= 11 is 5.81. The van der Waals surface area contributed by atoms with Gasteiger partial charge in [-0.2, -0.15) is 0 Å². The molecule has 0 bridgehead atoms. The molecule has 0 unspecified atom stereocenters. The molecule has 0 aliphatic heterocycles. The third-order valence-corrected chi connectivity index (χ3v) is 3.42. The van der Waals surface area contributed by atoms with Crippen molar-refractivity contribution in [1.82, 2.24) is 0 Å². The van der Waals surface area contributed by atoms with Gasteiger partial charge in [-0.15, -0.1) is 0 Å². The summed E-state index contributed by atoms with van der Waals surface area (Å²) in [7, 11) is 1.28. The second kappa shape index (κ2) is 8.17. The standard InChI is InChI=1S/C18H15ClO5/c1-23-18(22)11-24-14-6-4-13(5-7-14)16(20)8-2-12-3-9-17(21)15(19)10-12/h2-10,21H,11H2,1H3/b8-2+. The molecule has 1 N–H and O–H groups in total. The van der Waals surface area contributed by atoms with Crippen LogP contribution in [0.3, 0.4) is 0 Å². The summed E-state index contributed by atoms with van der Waals surface area (Å²) in [5.74, 6) is -0.224. The lowest BCUT2D eigenvalue weighted by Gasteiger charge is -2.05. The van der Waals surface area contributed by atoms with Gasteiger partial charge in [0.2, 0.25) is 0 Å². The van der Waals surface area contributed by atoms with Crippen molar-refractivity contribution in [2.75, 3.05) is 13.7 Å². The number of aromatic hydroxyl groups is 1. The molecule has 0 radical (unpaired) electrons. The van der Waals surface area contributed by atoms with Crippen molar-refractivity contribution >= 4 is 29.4 Å². The SMILES string of the molecule is COC(=O)COc1ccc(C(=O)/C=C/c2ccc(O)c(Cl)c2)cc1. The van der Waals surface area contributed by atoms with Gasteiger partial charge in [0.25, 0.3) is 0 Å². The number of phenols is 1. The number of benzene rings is 2. The van der Waals surface area contributed by atoms with Crippen LogP contribution in [0.1, 0.15) is 15.9 Å². The number of phenolic OH excluding ortho intramolecular Hbond substituents is 1. The number of hydrogen-bond donors (Lipinski definition) is 1. The molecule has 0 spiro atoms. The van der Waals surface area contributed by atoms with Crippen molar-refractivity contribution in [3.63, 3.8) is 0 Å². The summed E-state index contributed by atoms with van der Waals surface area (Å²) < 4.78 is 9.68. The van der Waals surface area contributed by atoms with E-state index in [0.717, 1.165) is 0 Å². The van der Waals surface area contributed by atoms with Gasteiger partial charge < -0.3 is 14.6 Å². The van der Waals surface area contributed by atoms with Crippen LogP contribution in [0.2, 0.25) is 5.02 Å². The van der Waals surface area contributed by atoms with Crippen LogP contribution < -0.4 is 4.74 Å². The third kappa shape index (κ3) is 4.86. The fraction of sp³-hybridized carbons (Fsp3) is 0.111. The number of allylic oxidation sites excluding steroid dienone is 1. The largest absolute Gasteiger partial charge is 0.506 e. The number of rotatable bonds is 6. The molecule has 2 aromatic rings. The molecule has 6 heteroatoms. The van der Waals surface area contributed by atoms with E-state index in [9.17, 15) is 14.7 Å². The number of hydrogen-bond acceptors (Lipinski definition) is 5. The lowest BCUT2D eigenvalue weighted by Crippen LogP contribution is -2.12. The van der Waals surface area contributed by atoms with E-state index < -0.39 is 5.97 Å². The Morgan fingerprint density at radius 2 is 1.88 bits per heavy atom. The highest BCUT2D eigenvalue weighted by Gasteiger charge is 2.05. The van der Waals surface area contributed by atoms with Gasteiger partial charge in [-0.1, -0.05) is 23.7 Å². The Bertz CT molecular complexity index is 765. The maximum absolute atomic E-state index is 12.1. The number of esters is 1. The summed E-state index contributed by atoms with van der Waals surface area (Å²) in [6.07, 6.45) is 3.02. The lowest BCUT2D eigenvalue weighted by atomic mass is 10.1. The van der Waals surface area contributed by atoms with E-state index in [2.05, 4.69) is 4.74 Å². The number of methoxy groups -OCH3 is 1. The lowest BCUT2D eigenvalue weighted by molar-refractivity contribution is -0.142. The van der Waals surface area contributed by atoms with Crippen LogP contribution in [0.4, 0.5) is 0 Å². The molecular weight excluding hydrogens is 332 g/mol. The average Bonchev–Trinajstić information content (AvgIpc) is 2.60. The molecule has 24 heavy (non-hydrogen) atoms. The number of ether oxygens (including phenoxy) is 2. The molecule has 124 valence electrons. The monoisotopic (exact) mass is 346 g/mol. The van der Waals surface area contributed by atoms with E-state index in [0.29, 0.717) is 16.9 Å². The minimum atomic E-state index is -0.481. The highest BCUT2D eigenvalue weighted by atomic mass is 35.5. The maximum Gasteiger partial charge on any atom is 0.343 e. The van der Waals surface area contributed by atoms with E-state index >= 15 is 0 Å². The topological polar surface area (TPSA) is 72.8 Å². The second-order valence-electron chi connectivity index (χ2n) is 4.80. The van der Waals surface area contributed by atoms with E-state index in [-0.39, 0.29) is 23.2 Å². The summed E-state index contributed by atoms with van der Waals surface area (Å²) in [6, 6.07) is 11.1. The van der Waals surface area contributed by atoms with Crippen molar-refractivity contribution in [2.24, 2.45) is 0 Å². The van der Waals surface area contributed by atoms with E-state index in [1.807, 2.05) is 0 Å². The quantitative estimate of drug-likeness (QED) is 0.492. The number of halogens is 1. The van der Waals surface area contributed by atoms with E-state index in [1.54, 1.807) is 42.5 Å². The van der Waals surface area contributed by atoms with Crippen LogP contribution >= 0.6 is 11.6 Å². The highest BCUT2D eigenvalue weighted by Crippen LogP contribution is 2.24. The van der Waals surface area contributed by atoms with Gasteiger partial charge in [-0.05, 0) is 48.0 Å². The number of carbonyl (C=O) groups is 2. The smallest absolute Gasteiger partial charge is 0.343 e. The Balaban J connectivity index is 2.00. The Labute approximate surface area is 144 Å². The van der Waals surface area contributed by atoms with Crippen molar-refractivity contribution < 1.29 is 24.2 Å². The van der Waals surface area contributed by atoms with Gasteiger partial charge in [0.15, 0.2) is 12.4 Å². The van der Waals surface area contributed by atoms with Crippen molar-refractivity contribution in [3.05, 3.63) is 64.7 Å². The van der Waals surface area contributed by atoms with Gasteiger partial charge in [0.05, 0.1) is 12.1 Å². The molecule has 0 fully saturated rings. The van der Waals surface area contributed by atoms with Gasteiger partial charge in [0, 0.05) is 5.56 Å². The van der Waals surface area contributed by atoms with Crippen molar-refractivity contribution in [1.29, 1.82) is 0 Å². The molecule has 5 nitrogen and oxygen atoms in total. The van der Waals surface area contributed by atoms with Crippen LogP contribution in [-0.4, -0.2) is 30.6 Å². The Hall–Kier alpha value is -2.79. The number of ketones is 1. The third-order valence-electron chi connectivity index (χ3n) is 3.12. The minimum absolute atomic E-state index is 0.0114. The summed E-state index contributed by atoms with van der Waals surface area (Å²) in [5.41, 5.74) is 1.17. The molecule has 0 atom stereocenters. The maximum atomic E-state index is 12.1. The summed E-state index contributed by atoms with van der Waals surface area (Å²) in [6.45, 7) is -0.189. The number of carbonyl (C=O) groups excluding carboxylic acids is 2. The zero-order chi connectivity index (χ0) is 17.5. The molecule has 0 saturated carbocycles. The zero-order valence-electron chi connectivity index (χ0n) is 12.9. The average molecular weight is 347 g/mol. The Kier molecular flexibility index (Phi) is 5.98. The van der Waals surface area contributed by atoms with Crippen molar-refractivity contribution in [3.8, 4) is 11.5 Å². The van der Waals surface area contributed by atoms with Gasteiger partial charge in [-0.25, -0.2) is 4.79 Å². The molecule has 2 aromatic carbocycles. The first-order valence-electron chi connectivity index (χ1n) is 7.00. The predicted molar refractivity (Wildman–Crippen MR) is 90.4 cm³/mol. The van der Waals surface area contributed by atoms with Crippen LogP contribution in [0.5, 0.6) is 11.5 Å². The zero-order valence-corrected chi connectivity index (χ0v) is 13.6. The molecule has 0 aliphatic rings. The minimum Gasteiger partial charge on any atom is -0.506 e. The van der Waals surface area contributed by atoms with Gasteiger partial charge in [0.1, 0.15) is 11.5 Å². The molecule has 0 heterocycles. The van der Waals surface area contributed by atoms with Gasteiger partial charge in [-0.3, -0.25) is 4.79 Å². The molecule has 0 saturated heterocycles.